The second-order valence-corrected chi connectivity index (χ2v) is 9.56. The molecular formula is C22H22N2O7S. The molecule has 0 spiro atoms. The Morgan fingerprint density at radius 2 is 1.94 bits per heavy atom. The maximum absolute atomic E-state index is 13.0. The third-order valence-corrected chi connectivity index (χ3v) is 7.31. The molecule has 1 N–H and O–H groups in total. The van der Waals surface area contributed by atoms with Gasteiger partial charge < -0.3 is 14.8 Å². The molecule has 0 unspecified atom stereocenters. The van der Waals surface area contributed by atoms with Crippen molar-refractivity contribution >= 4 is 33.4 Å². The lowest BCUT2D eigenvalue weighted by Crippen LogP contribution is -2.41. The minimum absolute atomic E-state index is 0.0959. The number of carbonyl (C=O) groups excluding carboxylic acids is 3. The molecule has 9 nitrogen and oxygen atoms in total. The molecule has 4 rings (SSSR count). The molecule has 0 bridgehead atoms. The van der Waals surface area contributed by atoms with Gasteiger partial charge in [0.15, 0.2) is 19.0 Å². The van der Waals surface area contributed by atoms with Gasteiger partial charge in [0.05, 0.1) is 10.6 Å². The van der Waals surface area contributed by atoms with Crippen molar-refractivity contribution in [2.75, 3.05) is 25.1 Å². The largest absolute Gasteiger partial charge is 0.482 e. The number of fused-ring (bicyclic) bond motifs is 1. The number of sulfonamides is 1. The number of carbonyl (C=O) groups is 3. The Hall–Kier alpha value is -3.24. The Labute approximate surface area is 185 Å². The summed E-state index contributed by atoms with van der Waals surface area (Å²) in [6.07, 6.45) is 0.837. The maximum Gasteiger partial charge on any atom is 0.324 e. The van der Waals surface area contributed by atoms with E-state index in [9.17, 15) is 22.8 Å². The zero-order valence-electron chi connectivity index (χ0n) is 17.4. The number of esters is 1. The van der Waals surface area contributed by atoms with E-state index in [1.807, 2.05) is 6.92 Å². The van der Waals surface area contributed by atoms with Gasteiger partial charge in [0.25, 0.3) is 5.91 Å². The lowest BCUT2D eigenvalue weighted by Gasteiger charge is -2.22. The number of Topliss-reactive ketones (excluding diaryl/α,β-unsaturated/α-hetero) is 1. The van der Waals surface area contributed by atoms with Gasteiger partial charge in [-0.3, -0.25) is 14.4 Å². The van der Waals surface area contributed by atoms with Crippen molar-refractivity contribution in [3.05, 3.63) is 53.6 Å². The molecule has 0 radical (unpaired) electrons. The average molecular weight is 458 g/mol. The van der Waals surface area contributed by atoms with Gasteiger partial charge in [0.2, 0.25) is 10.0 Å². The first-order valence-electron chi connectivity index (χ1n) is 10.1. The smallest absolute Gasteiger partial charge is 0.324 e. The normalized spacial score (nSPS) is 18.4. The van der Waals surface area contributed by atoms with Crippen LogP contribution in [0.25, 0.3) is 0 Å². The summed E-state index contributed by atoms with van der Waals surface area (Å²) in [5, 5.41) is 2.61. The highest BCUT2D eigenvalue weighted by molar-refractivity contribution is 7.89. The van der Waals surface area contributed by atoms with Crippen LogP contribution in [-0.2, 0) is 24.3 Å². The van der Waals surface area contributed by atoms with Gasteiger partial charge in [0, 0.05) is 12.1 Å². The van der Waals surface area contributed by atoms with Crippen molar-refractivity contribution in [3.63, 3.8) is 0 Å². The topological polar surface area (TPSA) is 119 Å². The van der Waals surface area contributed by atoms with Crippen LogP contribution in [0.4, 0.5) is 5.69 Å². The second kappa shape index (κ2) is 8.71. The molecule has 1 atom stereocenters. The van der Waals surface area contributed by atoms with E-state index in [1.165, 1.54) is 24.3 Å². The van der Waals surface area contributed by atoms with Gasteiger partial charge in [-0.2, -0.15) is 4.31 Å². The number of ether oxygens (including phenoxy) is 2. The summed E-state index contributed by atoms with van der Waals surface area (Å²) in [6, 6.07) is 9.94. The Morgan fingerprint density at radius 3 is 2.69 bits per heavy atom. The van der Waals surface area contributed by atoms with Crippen molar-refractivity contribution in [2.24, 2.45) is 0 Å². The Morgan fingerprint density at radius 1 is 1.19 bits per heavy atom. The lowest BCUT2D eigenvalue weighted by molar-refractivity contribution is -0.146. The predicted molar refractivity (Wildman–Crippen MR) is 114 cm³/mol. The van der Waals surface area contributed by atoms with E-state index in [2.05, 4.69) is 5.32 Å². The molecule has 32 heavy (non-hydrogen) atoms. The maximum atomic E-state index is 13.0. The first-order valence-corrected chi connectivity index (χ1v) is 11.5. The quantitative estimate of drug-likeness (QED) is 0.519. The fourth-order valence-electron chi connectivity index (χ4n) is 3.68. The SMILES string of the molecule is Cc1ccc(S(=O)(=O)N2CCC[C@H]2C(=O)OCC(=O)c2ccc3c(c2)NC(=O)CO3)cc1. The number of amides is 1. The molecule has 2 aliphatic heterocycles. The van der Waals surface area contributed by atoms with Crippen LogP contribution in [0.5, 0.6) is 5.75 Å². The van der Waals surface area contributed by atoms with Crippen LogP contribution >= 0.6 is 0 Å². The summed E-state index contributed by atoms with van der Waals surface area (Å²) in [6.45, 7) is 1.42. The van der Waals surface area contributed by atoms with Crippen LogP contribution < -0.4 is 10.1 Å². The standard InChI is InChI=1S/C22H22N2O7S/c1-14-4-7-16(8-5-14)32(28,29)24-10-2-3-18(24)22(27)31-12-19(25)15-6-9-20-17(11-15)23-21(26)13-30-20/h4-9,11,18H,2-3,10,12-13H2,1H3,(H,23,26)/t18-/m0/s1. The van der Waals surface area contributed by atoms with E-state index in [4.69, 9.17) is 9.47 Å². The molecule has 0 aliphatic carbocycles. The molecule has 2 aromatic carbocycles. The number of nitrogens with one attached hydrogen (secondary N) is 1. The number of nitrogens with zero attached hydrogens (tertiary/aromatic N) is 1. The van der Waals surface area contributed by atoms with Crippen LogP contribution in [0.15, 0.2) is 47.4 Å². The van der Waals surface area contributed by atoms with Crippen molar-refractivity contribution in [2.45, 2.75) is 30.7 Å². The van der Waals surface area contributed by atoms with E-state index < -0.39 is 34.4 Å². The molecule has 2 heterocycles. The summed E-state index contributed by atoms with van der Waals surface area (Å²) in [5.74, 6) is -1.13. The second-order valence-electron chi connectivity index (χ2n) is 7.67. The summed E-state index contributed by atoms with van der Waals surface area (Å²) in [7, 11) is -3.86. The zero-order chi connectivity index (χ0) is 22.9. The summed E-state index contributed by atoms with van der Waals surface area (Å²) in [4.78, 5) is 36.7. The monoisotopic (exact) mass is 458 g/mol. The molecule has 2 aromatic rings. The molecule has 1 fully saturated rings. The molecule has 1 saturated heterocycles. The van der Waals surface area contributed by atoms with Gasteiger partial charge in [0.1, 0.15) is 11.8 Å². The number of ketones is 1. The lowest BCUT2D eigenvalue weighted by atomic mass is 10.1. The van der Waals surface area contributed by atoms with Gasteiger partial charge in [-0.1, -0.05) is 17.7 Å². The molecule has 0 aromatic heterocycles. The molecule has 168 valence electrons. The van der Waals surface area contributed by atoms with E-state index in [1.54, 1.807) is 18.2 Å². The third-order valence-electron chi connectivity index (χ3n) is 5.38. The van der Waals surface area contributed by atoms with Crippen LogP contribution in [0, 0.1) is 6.92 Å². The van der Waals surface area contributed by atoms with Gasteiger partial charge in [-0.25, -0.2) is 8.42 Å². The van der Waals surface area contributed by atoms with Gasteiger partial charge in [-0.05, 0) is 50.1 Å². The molecular weight excluding hydrogens is 436 g/mol. The minimum atomic E-state index is -3.86. The number of hydrogen-bond acceptors (Lipinski definition) is 7. The predicted octanol–water partition coefficient (Wildman–Crippen LogP) is 1.91. The van der Waals surface area contributed by atoms with E-state index >= 15 is 0 Å². The summed E-state index contributed by atoms with van der Waals surface area (Å²) >= 11 is 0. The van der Waals surface area contributed by atoms with Crippen molar-refractivity contribution in [3.8, 4) is 5.75 Å². The van der Waals surface area contributed by atoms with Crippen LogP contribution in [0.2, 0.25) is 0 Å². The van der Waals surface area contributed by atoms with Gasteiger partial charge in [-0.15, -0.1) is 0 Å². The highest BCUT2D eigenvalue weighted by Gasteiger charge is 2.40. The van der Waals surface area contributed by atoms with Gasteiger partial charge >= 0.3 is 5.97 Å². The van der Waals surface area contributed by atoms with Crippen LogP contribution in [0.1, 0.15) is 28.8 Å². The first-order chi connectivity index (χ1) is 15.3. The van der Waals surface area contributed by atoms with Crippen molar-refractivity contribution in [1.82, 2.24) is 4.31 Å². The number of aryl methyl sites for hydroxylation is 1. The molecule has 1 amide bonds. The average Bonchev–Trinajstić information content (AvgIpc) is 3.28. The highest BCUT2D eigenvalue weighted by Crippen LogP contribution is 2.29. The Bertz CT molecular complexity index is 1180. The van der Waals surface area contributed by atoms with Crippen molar-refractivity contribution < 1.29 is 32.3 Å². The summed E-state index contributed by atoms with van der Waals surface area (Å²) < 4.78 is 37.5. The summed E-state index contributed by atoms with van der Waals surface area (Å²) in [5.41, 5.74) is 1.52. The van der Waals surface area contributed by atoms with Crippen LogP contribution in [0.3, 0.4) is 0 Å². The minimum Gasteiger partial charge on any atom is -0.482 e. The van der Waals surface area contributed by atoms with E-state index in [0.717, 1.165) is 9.87 Å². The number of rotatable bonds is 6. The number of anilines is 1. The molecule has 10 heteroatoms. The number of hydrogen-bond donors (Lipinski definition) is 1. The third kappa shape index (κ3) is 4.37. The Kier molecular flexibility index (Phi) is 5.98. The fraction of sp³-hybridized carbons (Fsp3) is 0.318. The zero-order valence-corrected chi connectivity index (χ0v) is 18.2. The van der Waals surface area contributed by atoms with Crippen molar-refractivity contribution in [1.29, 1.82) is 0 Å². The fourth-order valence-corrected chi connectivity index (χ4v) is 5.33. The van der Waals surface area contributed by atoms with E-state index in [0.29, 0.717) is 24.3 Å². The molecule has 2 aliphatic rings. The Balaban J connectivity index is 1.42. The molecule has 0 saturated carbocycles. The first kappa shape index (κ1) is 22.0. The number of benzene rings is 2. The van der Waals surface area contributed by atoms with E-state index in [-0.39, 0.29) is 29.5 Å². The highest BCUT2D eigenvalue weighted by atomic mass is 32.2. The van der Waals surface area contributed by atoms with Crippen LogP contribution in [-0.4, -0.2) is 56.2 Å².